The lowest BCUT2D eigenvalue weighted by Crippen LogP contribution is -2.53. The van der Waals surface area contributed by atoms with Gasteiger partial charge in [0, 0.05) is 11.1 Å². The van der Waals surface area contributed by atoms with Crippen LogP contribution >= 0.6 is 23.1 Å². The summed E-state index contributed by atoms with van der Waals surface area (Å²) < 4.78 is 0. The number of hydrogen-bond acceptors (Lipinski definition) is 11. The van der Waals surface area contributed by atoms with Gasteiger partial charge in [-0.2, -0.15) is 0 Å². The summed E-state index contributed by atoms with van der Waals surface area (Å²) in [5.74, 6) is -3.17. The van der Waals surface area contributed by atoms with Crippen molar-refractivity contribution >= 4 is 58.1 Å². The highest BCUT2D eigenvalue weighted by Gasteiger charge is 2.32. The van der Waals surface area contributed by atoms with E-state index in [1.54, 1.807) is 0 Å². The Hall–Kier alpha value is -3.39. The Morgan fingerprint density at radius 3 is 2.77 bits per heavy atom. The molecular weight excluding hydrogens is 438 g/mol. The average molecular weight is 455 g/mol. The van der Waals surface area contributed by atoms with Gasteiger partial charge < -0.3 is 36.2 Å². The zero-order chi connectivity index (χ0) is 22.3. The third kappa shape index (κ3) is 5.81. The molecular formula is C16H17N5O7S2. The van der Waals surface area contributed by atoms with Crippen LogP contribution < -0.4 is 16.4 Å². The quantitative estimate of drug-likeness (QED) is 0.172. The van der Waals surface area contributed by atoms with Gasteiger partial charge in [-0.15, -0.1) is 23.1 Å². The number of carboxylic acid groups (broad SMARTS) is 2. The minimum atomic E-state index is -1.31. The molecule has 0 saturated heterocycles. The second-order valence-corrected chi connectivity index (χ2v) is 7.62. The number of allylic oxidation sites excluding steroid dienone is 1. The fraction of sp³-hybridized carbons (Fsp3) is 0.250. The number of nitrogen functional groups attached to an aromatic ring is 1. The van der Waals surface area contributed by atoms with Crippen LogP contribution in [0.25, 0.3) is 0 Å². The first kappa shape index (κ1) is 22.9. The molecule has 0 unspecified atom stereocenters. The van der Waals surface area contributed by atoms with Crippen LogP contribution in [0, 0.1) is 0 Å². The topological polar surface area (TPSA) is 193 Å². The van der Waals surface area contributed by atoms with Crippen LogP contribution in [0.1, 0.15) is 5.69 Å². The molecule has 12 nitrogen and oxygen atoms in total. The molecule has 160 valence electrons. The molecule has 30 heavy (non-hydrogen) atoms. The molecule has 0 bridgehead atoms. The lowest BCUT2D eigenvalue weighted by Gasteiger charge is -2.30. The molecule has 0 spiro atoms. The molecule has 0 saturated carbocycles. The number of rotatable bonds is 10. The van der Waals surface area contributed by atoms with Crippen molar-refractivity contribution in [1.29, 1.82) is 0 Å². The van der Waals surface area contributed by atoms with E-state index >= 15 is 0 Å². The molecule has 2 atom stereocenters. The van der Waals surface area contributed by atoms with Crippen LogP contribution in [0.3, 0.4) is 0 Å². The number of hydrogen-bond donors (Lipinski definition) is 5. The molecule has 2 heterocycles. The van der Waals surface area contributed by atoms with Gasteiger partial charge in [-0.3, -0.25) is 4.79 Å². The number of carboxylic acids is 2. The van der Waals surface area contributed by atoms with Crippen LogP contribution in [0.5, 0.6) is 0 Å². The summed E-state index contributed by atoms with van der Waals surface area (Å²) >= 11 is 2.21. The monoisotopic (exact) mass is 455 g/mol. The number of nitrogens with two attached hydrogens (primary N) is 1. The largest absolute Gasteiger partial charge is 0.479 e. The van der Waals surface area contributed by atoms with E-state index in [-0.39, 0.29) is 22.3 Å². The molecule has 1 aliphatic heterocycles. The fourth-order valence-electron chi connectivity index (χ4n) is 2.24. The number of carbonyl (C=O) groups excluding carboxylic acids is 2. The molecule has 6 N–H and O–H groups in total. The summed E-state index contributed by atoms with van der Waals surface area (Å²) in [5.41, 5.74) is 5.51. The van der Waals surface area contributed by atoms with Gasteiger partial charge in [-0.1, -0.05) is 17.8 Å². The molecule has 14 heteroatoms. The smallest absolute Gasteiger partial charge is 0.352 e. The Morgan fingerprint density at radius 1 is 1.50 bits per heavy atom. The Balaban J connectivity index is 2.21. The first-order valence-corrected chi connectivity index (χ1v) is 10.1. The fourth-order valence-corrected chi connectivity index (χ4v) is 3.95. The summed E-state index contributed by atoms with van der Waals surface area (Å²) in [6, 6.07) is -1.15. The maximum Gasteiger partial charge on any atom is 0.352 e. The van der Waals surface area contributed by atoms with Gasteiger partial charge >= 0.3 is 11.9 Å². The Labute approximate surface area is 177 Å². The molecule has 1 aromatic heterocycles. The van der Waals surface area contributed by atoms with Crippen LogP contribution in [-0.2, 0) is 24.0 Å². The summed E-state index contributed by atoms with van der Waals surface area (Å²) in [7, 11) is 0. The first-order chi connectivity index (χ1) is 14.3. The summed E-state index contributed by atoms with van der Waals surface area (Å²) in [6.45, 7) is 2.75. The lowest BCUT2D eigenvalue weighted by atomic mass is 10.2. The van der Waals surface area contributed by atoms with Gasteiger partial charge in [0.2, 0.25) is 6.61 Å². The molecule has 1 aliphatic rings. The number of anilines is 1. The van der Waals surface area contributed by atoms with Crippen LogP contribution in [0.4, 0.5) is 5.13 Å². The van der Waals surface area contributed by atoms with Crippen molar-refractivity contribution in [3.05, 3.63) is 35.0 Å². The van der Waals surface area contributed by atoms with Crippen molar-refractivity contribution < 1.29 is 34.2 Å². The number of aldehydes is 1. The number of aromatic nitrogens is 1. The minimum Gasteiger partial charge on any atom is -0.479 e. The Morgan fingerprint density at radius 2 is 2.23 bits per heavy atom. The van der Waals surface area contributed by atoms with E-state index in [2.05, 4.69) is 32.2 Å². The average Bonchev–Trinajstić information content (AvgIpc) is 3.14. The van der Waals surface area contributed by atoms with E-state index < -0.39 is 41.6 Å². The number of nitrogens with zero attached hydrogens (tertiary/aromatic N) is 2. The van der Waals surface area contributed by atoms with Gasteiger partial charge in [0.1, 0.15) is 29.1 Å². The predicted molar refractivity (Wildman–Crippen MR) is 109 cm³/mol. The van der Waals surface area contributed by atoms with Crippen molar-refractivity contribution in [2.75, 3.05) is 18.1 Å². The van der Waals surface area contributed by atoms with E-state index in [1.165, 1.54) is 23.2 Å². The van der Waals surface area contributed by atoms with E-state index in [4.69, 9.17) is 10.8 Å². The summed E-state index contributed by atoms with van der Waals surface area (Å²) in [6.07, 6.45) is 1.83. The third-order valence-electron chi connectivity index (χ3n) is 3.58. The molecule has 0 aliphatic carbocycles. The third-order valence-corrected chi connectivity index (χ3v) is 5.50. The maximum atomic E-state index is 12.7. The van der Waals surface area contributed by atoms with Crippen LogP contribution in [0.2, 0.25) is 0 Å². The molecule has 0 fully saturated rings. The van der Waals surface area contributed by atoms with Crippen LogP contribution in [-0.4, -0.2) is 68.8 Å². The van der Waals surface area contributed by atoms with E-state index in [9.17, 15) is 24.3 Å². The van der Waals surface area contributed by atoms with Gasteiger partial charge in [-0.05, 0) is 5.57 Å². The maximum absolute atomic E-state index is 12.7. The lowest BCUT2D eigenvalue weighted by molar-refractivity contribution is -0.142. The highest BCUT2D eigenvalue weighted by molar-refractivity contribution is 8.00. The summed E-state index contributed by atoms with van der Waals surface area (Å²) in [5, 5.41) is 27.3. The van der Waals surface area contributed by atoms with E-state index in [0.717, 1.165) is 11.3 Å². The molecule has 1 aromatic rings. The zero-order valence-electron chi connectivity index (χ0n) is 15.2. The second-order valence-electron chi connectivity index (χ2n) is 5.60. The van der Waals surface area contributed by atoms with E-state index in [1.807, 2.05) is 0 Å². The van der Waals surface area contributed by atoms with Crippen LogP contribution in [0.15, 0.2) is 34.5 Å². The predicted octanol–water partition coefficient (Wildman–Crippen LogP) is -0.598. The SMILES string of the molecule is C=CC1=C(C(=O)O)N[C@@H]([C@@H](C=O)NC(=O)/C(=N\OCC(=O)O)c2csc(N)n2)SC1. The molecule has 0 radical (unpaired) electrons. The standard InChI is InChI=1S/C16H17N5O7S2/c1-2-7-5-29-14(20-11(7)15(26)27)8(3-22)18-13(25)12(21-28-4-10(23)24)9-6-30-16(17)19-9/h2-3,6,8,14,20H,1,4-5H2,(H2,17,19)(H,18,25)(H,23,24)(H,26,27)/b21-12-/t8-,14-/m1/s1. The van der Waals surface area contributed by atoms with Gasteiger partial charge in [0.05, 0.1) is 0 Å². The Kier molecular flexibility index (Phi) is 7.94. The highest BCUT2D eigenvalue weighted by atomic mass is 32.2. The highest BCUT2D eigenvalue weighted by Crippen LogP contribution is 2.25. The van der Waals surface area contributed by atoms with Crippen molar-refractivity contribution in [2.45, 2.75) is 11.4 Å². The number of nitrogens with one attached hydrogen (secondary N) is 2. The molecule has 2 rings (SSSR count). The zero-order valence-corrected chi connectivity index (χ0v) is 16.9. The van der Waals surface area contributed by atoms with E-state index in [0.29, 0.717) is 11.9 Å². The van der Waals surface area contributed by atoms with Gasteiger partial charge in [0.25, 0.3) is 5.91 Å². The number of thiazole rings is 1. The number of aliphatic carboxylic acids is 2. The number of thioether (sulfide) groups is 1. The van der Waals surface area contributed by atoms with Crippen molar-refractivity contribution in [1.82, 2.24) is 15.6 Å². The van der Waals surface area contributed by atoms with Crippen molar-refractivity contribution in [3.8, 4) is 0 Å². The minimum absolute atomic E-state index is 0.0226. The number of amides is 1. The Bertz CT molecular complexity index is 927. The second kappa shape index (κ2) is 10.4. The first-order valence-electron chi connectivity index (χ1n) is 8.13. The molecule has 0 aromatic carbocycles. The van der Waals surface area contributed by atoms with Crippen molar-refractivity contribution in [3.63, 3.8) is 0 Å². The van der Waals surface area contributed by atoms with Gasteiger partial charge in [0.15, 0.2) is 10.8 Å². The number of oxime groups is 1. The normalized spacial score (nSPS) is 17.5. The number of carbonyl (C=O) groups is 4. The van der Waals surface area contributed by atoms with Gasteiger partial charge in [-0.25, -0.2) is 14.6 Å². The molecule has 1 amide bonds. The summed E-state index contributed by atoms with van der Waals surface area (Å²) in [4.78, 5) is 54.8. The van der Waals surface area contributed by atoms with Crippen molar-refractivity contribution in [2.24, 2.45) is 5.16 Å².